The number of carbonyl (C=O) groups is 2. The Morgan fingerprint density at radius 3 is 2.53 bits per heavy atom. The van der Waals surface area contributed by atoms with E-state index in [-0.39, 0.29) is 28.5 Å². The number of nitrogens with zero attached hydrogens (tertiary/aromatic N) is 1. The fourth-order valence-electron chi connectivity index (χ4n) is 4.84. The van der Waals surface area contributed by atoms with Gasteiger partial charge in [0, 0.05) is 30.6 Å². The predicted molar refractivity (Wildman–Crippen MR) is 122 cm³/mol. The van der Waals surface area contributed by atoms with Crippen LogP contribution < -0.4 is 10.1 Å². The quantitative estimate of drug-likeness (QED) is 0.632. The van der Waals surface area contributed by atoms with Gasteiger partial charge in [0.05, 0.1) is 23.3 Å². The Labute approximate surface area is 201 Å². The summed E-state index contributed by atoms with van der Waals surface area (Å²) >= 11 is 5.98. The molecule has 5 nitrogen and oxygen atoms in total. The lowest BCUT2D eigenvalue weighted by molar-refractivity contribution is -0.138. The van der Waals surface area contributed by atoms with Crippen molar-refractivity contribution in [2.75, 3.05) is 13.7 Å². The lowest BCUT2D eigenvalue weighted by atomic mass is 9.84. The van der Waals surface area contributed by atoms with Crippen molar-refractivity contribution in [2.24, 2.45) is 5.92 Å². The lowest BCUT2D eigenvalue weighted by Crippen LogP contribution is -2.43. The number of hydrogen-bond acceptors (Lipinski definition) is 3. The average molecular weight is 495 g/mol. The van der Waals surface area contributed by atoms with E-state index in [9.17, 15) is 22.8 Å². The molecule has 1 aliphatic heterocycles. The summed E-state index contributed by atoms with van der Waals surface area (Å²) in [4.78, 5) is 27.6. The molecule has 9 heteroatoms. The van der Waals surface area contributed by atoms with E-state index in [1.807, 2.05) is 23.1 Å². The van der Waals surface area contributed by atoms with Crippen LogP contribution in [0.15, 0.2) is 36.4 Å². The molecule has 0 spiro atoms. The number of benzene rings is 2. The summed E-state index contributed by atoms with van der Waals surface area (Å²) < 4.78 is 44.4. The molecule has 2 aliphatic rings. The number of hydrogen-bond donors (Lipinski definition) is 1. The molecule has 0 aromatic heterocycles. The Bertz CT molecular complexity index is 1080. The maximum absolute atomic E-state index is 13.1. The maximum Gasteiger partial charge on any atom is 0.416 e. The van der Waals surface area contributed by atoms with Gasteiger partial charge >= 0.3 is 6.18 Å². The van der Waals surface area contributed by atoms with E-state index in [0.717, 1.165) is 41.5 Å². The second-order valence-corrected chi connectivity index (χ2v) is 9.23. The Hall–Kier alpha value is -2.74. The number of nitrogens with one attached hydrogen (secondary N) is 1. The molecule has 1 fully saturated rings. The predicted octanol–water partition coefficient (Wildman–Crippen LogP) is 5.24. The van der Waals surface area contributed by atoms with Crippen LogP contribution in [0.3, 0.4) is 0 Å². The van der Waals surface area contributed by atoms with Crippen LogP contribution in [0.25, 0.3) is 0 Å². The van der Waals surface area contributed by atoms with Crippen LogP contribution in [0.5, 0.6) is 5.75 Å². The molecule has 0 saturated heterocycles. The lowest BCUT2D eigenvalue weighted by Gasteiger charge is -2.35. The van der Waals surface area contributed by atoms with Crippen LogP contribution in [-0.4, -0.2) is 36.4 Å². The minimum Gasteiger partial charge on any atom is -0.496 e. The van der Waals surface area contributed by atoms with Crippen molar-refractivity contribution in [1.82, 2.24) is 10.2 Å². The Morgan fingerprint density at radius 2 is 1.85 bits per heavy atom. The summed E-state index contributed by atoms with van der Waals surface area (Å²) in [6.07, 6.45) is -1.43. The molecule has 1 heterocycles. The molecule has 1 N–H and O–H groups in total. The summed E-state index contributed by atoms with van der Waals surface area (Å²) in [7, 11) is 1.64. The summed E-state index contributed by atoms with van der Waals surface area (Å²) in [5.74, 6) is 0.200. The third kappa shape index (κ3) is 5.17. The van der Waals surface area contributed by atoms with Crippen LogP contribution >= 0.6 is 11.6 Å². The van der Waals surface area contributed by atoms with Crippen molar-refractivity contribution in [1.29, 1.82) is 0 Å². The van der Waals surface area contributed by atoms with E-state index in [0.29, 0.717) is 38.8 Å². The zero-order valence-electron chi connectivity index (χ0n) is 18.8. The molecule has 4 rings (SSSR count). The molecule has 0 atom stereocenters. The fourth-order valence-corrected chi connectivity index (χ4v) is 5.04. The van der Waals surface area contributed by atoms with E-state index >= 15 is 0 Å². The molecule has 34 heavy (non-hydrogen) atoms. The molecule has 0 unspecified atom stereocenters. The molecular weight excluding hydrogens is 469 g/mol. The Morgan fingerprint density at radius 1 is 1.12 bits per heavy atom. The molecule has 2 aromatic rings. The van der Waals surface area contributed by atoms with Crippen LogP contribution in [-0.2, 0) is 23.9 Å². The molecular formula is C25H26ClF3N2O3. The number of halogens is 4. The van der Waals surface area contributed by atoms with E-state index in [4.69, 9.17) is 16.3 Å². The first-order valence-electron chi connectivity index (χ1n) is 11.3. The Balaban J connectivity index is 1.33. The van der Waals surface area contributed by atoms with Gasteiger partial charge in [-0.25, -0.2) is 0 Å². The first-order valence-corrected chi connectivity index (χ1v) is 11.7. The summed E-state index contributed by atoms with van der Waals surface area (Å²) in [6.45, 7) is 1.19. The third-order valence-electron chi connectivity index (χ3n) is 6.70. The van der Waals surface area contributed by atoms with E-state index in [1.54, 1.807) is 7.11 Å². The average Bonchev–Trinajstić information content (AvgIpc) is 2.82. The maximum atomic E-state index is 13.1. The van der Waals surface area contributed by atoms with Gasteiger partial charge in [-0.2, -0.15) is 13.2 Å². The fraction of sp³-hybridized carbons (Fsp3) is 0.440. The van der Waals surface area contributed by atoms with Crippen molar-refractivity contribution in [3.8, 4) is 5.75 Å². The highest BCUT2D eigenvalue weighted by Crippen LogP contribution is 2.33. The highest BCUT2D eigenvalue weighted by molar-refractivity contribution is 6.33. The molecule has 1 aliphatic carbocycles. The normalized spacial score (nSPS) is 20.4. The monoisotopic (exact) mass is 494 g/mol. The number of methoxy groups -OCH3 is 1. The SMILES string of the molecule is COc1cccc2c1CCN(C(=O)C1CCC(NC(=O)c3cc(C(F)(F)F)ccc3Cl)CC1)C2. The largest absolute Gasteiger partial charge is 0.496 e. The van der Waals surface area contributed by atoms with Gasteiger partial charge in [-0.15, -0.1) is 0 Å². The van der Waals surface area contributed by atoms with Crippen molar-refractivity contribution in [2.45, 2.75) is 50.9 Å². The van der Waals surface area contributed by atoms with Crippen LogP contribution in [0, 0.1) is 5.92 Å². The first-order chi connectivity index (χ1) is 16.2. The molecule has 182 valence electrons. The second-order valence-electron chi connectivity index (χ2n) is 8.82. The van der Waals surface area contributed by atoms with Crippen molar-refractivity contribution < 1.29 is 27.5 Å². The minimum atomic E-state index is -4.56. The first kappa shape index (κ1) is 24.4. The topological polar surface area (TPSA) is 58.6 Å². The minimum absolute atomic E-state index is 0.0311. The van der Waals surface area contributed by atoms with Gasteiger partial charge in [-0.3, -0.25) is 9.59 Å². The standard InChI is InChI=1S/C25H26ClF3N2O3/c1-34-22-4-2-3-16-14-31(12-11-19(16)22)24(33)15-5-8-18(9-6-15)30-23(32)20-13-17(25(27,28)29)7-10-21(20)26/h2-4,7,10,13,15,18H,5-6,8-9,11-12,14H2,1H3,(H,30,32). The molecule has 0 radical (unpaired) electrons. The number of rotatable bonds is 4. The zero-order chi connectivity index (χ0) is 24.5. The van der Waals surface area contributed by atoms with Gasteiger partial charge in [0.25, 0.3) is 5.91 Å². The molecule has 0 bridgehead atoms. The number of ether oxygens (including phenoxy) is 1. The summed E-state index contributed by atoms with van der Waals surface area (Å²) in [5, 5.41) is 2.76. The number of fused-ring (bicyclic) bond motifs is 1. The van der Waals surface area contributed by atoms with Gasteiger partial charge < -0.3 is 15.0 Å². The number of carbonyl (C=O) groups excluding carboxylic acids is 2. The van der Waals surface area contributed by atoms with E-state index in [2.05, 4.69) is 5.32 Å². The van der Waals surface area contributed by atoms with Crippen molar-refractivity contribution in [3.05, 3.63) is 63.7 Å². The highest BCUT2D eigenvalue weighted by atomic mass is 35.5. The van der Waals surface area contributed by atoms with Crippen molar-refractivity contribution in [3.63, 3.8) is 0 Å². The van der Waals surface area contributed by atoms with Crippen LogP contribution in [0.2, 0.25) is 5.02 Å². The van der Waals surface area contributed by atoms with Gasteiger partial charge in [-0.1, -0.05) is 23.7 Å². The molecule has 1 saturated carbocycles. The van der Waals surface area contributed by atoms with Gasteiger partial charge in [-0.05, 0) is 61.9 Å². The molecule has 2 amide bonds. The number of amides is 2. The van der Waals surface area contributed by atoms with Gasteiger partial charge in [0.15, 0.2) is 0 Å². The third-order valence-corrected chi connectivity index (χ3v) is 7.03. The van der Waals surface area contributed by atoms with Crippen LogP contribution in [0.1, 0.15) is 52.7 Å². The van der Waals surface area contributed by atoms with E-state index in [1.165, 1.54) is 0 Å². The summed E-state index contributed by atoms with van der Waals surface area (Å²) in [5.41, 5.74) is 1.13. The number of alkyl halides is 3. The second kappa shape index (κ2) is 9.86. The van der Waals surface area contributed by atoms with E-state index < -0.39 is 17.6 Å². The highest BCUT2D eigenvalue weighted by Gasteiger charge is 2.34. The van der Waals surface area contributed by atoms with Gasteiger partial charge in [0.2, 0.25) is 5.91 Å². The summed E-state index contributed by atoms with van der Waals surface area (Å²) in [6, 6.07) is 8.37. The Kier molecular flexibility index (Phi) is 7.07. The molecule has 2 aromatic carbocycles. The van der Waals surface area contributed by atoms with Crippen LogP contribution in [0.4, 0.5) is 13.2 Å². The smallest absolute Gasteiger partial charge is 0.416 e. The van der Waals surface area contributed by atoms with Crippen molar-refractivity contribution >= 4 is 23.4 Å². The zero-order valence-corrected chi connectivity index (χ0v) is 19.5. The van der Waals surface area contributed by atoms with Gasteiger partial charge in [0.1, 0.15) is 5.75 Å².